The average Bonchev–Trinajstić information content (AvgIpc) is 3.40. The molecule has 0 radical (unpaired) electrons. The molecule has 0 aliphatic heterocycles. The molecule has 3 heterocycles. The Bertz CT molecular complexity index is 1920. The van der Waals surface area contributed by atoms with E-state index in [0.29, 0.717) is 50.9 Å². The van der Waals surface area contributed by atoms with Crippen molar-refractivity contribution in [3.63, 3.8) is 0 Å². The van der Waals surface area contributed by atoms with Crippen LogP contribution in [0, 0.1) is 0 Å². The van der Waals surface area contributed by atoms with Crippen molar-refractivity contribution in [1.82, 2.24) is 24.8 Å². The minimum Gasteiger partial charge on any atom is -0.495 e. The van der Waals surface area contributed by atoms with Gasteiger partial charge in [-0.3, -0.25) is 9.36 Å². The minimum absolute atomic E-state index is 0.285. The number of nitrogens with one attached hydrogen (secondary N) is 1. The SMILES string of the molecule is COc1cc(N)c(C(=O)NCc2ccc(-n3c(-c4cccnc4N)nc4ccc(-c5ccccc5)nc43)cc2)cc1Br. The van der Waals surface area contributed by atoms with Gasteiger partial charge in [0.25, 0.3) is 5.91 Å². The van der Waals surface area contributed by atoms with Gasteiger partial charge >= 0.3 is 0 Å². The molecule has 5 N–H and O–H groups in total. The normalized spacial score (nSPS) is 11.0. The van der Waals surface area contributed by atoms with Gasteiger partial charge in [0.15, 0.2) is 11.5 Å². The van der Waals surface area contributed by atoms with Gasteiger partial charge < -0.3 is 21.5 Å². The second-order valence-electron chi connectivity index (χ2n) is 9.54. The van der Waals surface area contributed by atoms with E-state index >= 15 is 0 Å². The first-order chi connectivity index (χ1) is 20.4. The summed E-state index contributed by atoms with van der Waals surface area (Å²) in [5, 5.41) is 2.94. The third-order valence-corrected chi connectivity index (χ3v) is 7.49. The second-order valence-corrected chi connectivity index (χ2v) is 10.4. The summed E-state index contributed by atoms with van der Waals surface area (Å²) >= 11 is 3.41. The number of pyridine rings is 2. The van der Waals surface area contributed by atoms with E-state index in [-0.39, 0.29) is 5.91 Å². The number of aromatic nitrogens is 4. The second kappa shape index (κ2) is 11.3. The molecule has 0 saturated carbocycles. The van der Waals surface area contributed by atoms with Crippen LogP contribution in [0.1, 0.15) is 15.9 Å². The van der Waals surface area contributed by atoms with E-state index in [1.807, 2.05) is 83.4 Å². The number of ether oxygens (including phenoxy) is 1. The maximum absolute atomic E-state index is 12.9. The van der Waals surface area contributed by atoms with Crippen molar-refractivity contribution in [3.05, 3.63) is 113 Å². The fraction of sp³-hybridized carbons (Fsp3) is 0.0625. The zero-order chi connectivity index (χ0) is 29.2. The summed E-state index contributed by atoms with van der Waals surface area (Å²) in [5.41, 5.74) is 18.8. The van der Waals surface area contributed by atoms with Crippen LogP contribution in [0.3, 0.4) is 0 Å². The number of halogens is 1. The molecule has 1 amide bonds. The lowest BCUT2D eigenvalue weighted by Gasteiger charge is -2.13. The number of amides is 1. The Hall–Kier alpha value is -5.22. The number of nitrogens with two attached hydrogens (primary N) is 2. The Kier molecular flexibility index (Phi) is 7.28. The highest BCUT2D eigenvalue weighted by Gasteiger charge is 2.19. The molecule has 0 aliphatic carbocycles. The van der Waals surface area contributed by atoms with E-state index in [0.717, 1.165) is 28.0 Å². The molecule has 6 aromatic rings. The standard InChI is InChI=1S/C32H26BrN7O2/c1-42-28-17-25(34)23(16-24(28)33)32(41)37-18-19-9-11-21(12-10-19)40-30(22-8-5-15-36-29(22)35)39-27-14-13-26(38-31(27)40)20-6-3-2-4-7-20/h2-17H,18,34H2,1H3,(H2,35,36)(H,37,41). The van der Waals surface area contributed by atoms with Gasteiger partial charge in [-0.15, -0.1) is 0 Å². The highest BCUT2D eigenvalue weighted by Crippen LogP contribution is 2.32. The Morgan fingerprint density at radius 3 is 2.48 bits per heavy atom. The molecule has 0 unspecified atom stereocenters. The van der Waals surface area contributed by atoms with Crippen molar-refractivity contribution >= 4 is 44.5 Å². The van der Waals surface area contributed by atoms with E-state index < -0.39 is 0 Å². The highest BCUT2D eigenvalue weighted by atomic mass is 79.9. The van der Waals surface area contributed by atoms with E-state index in [4.69, 9.17) is 26.2 Å². The van der Waals surface area contributed by atoms with E-state index in [1.54, 1.807) is 25.4 Å². The lowest BCUT2D eigenvalue weighted by molar-refractivity contribution is 0.0951. The Labute approximate surface area is 250 Å². The van der Waals surface area contributed by atoms with Crippen molar-refractivity contribution in [2.24, 2.45) is 0 Å². The molecular weight excluding hydrogens is 594 g/mol. The van der Waals surface area contributed by atoms with Crippen LogP contribution in [0.15, 0.2) is 102 Å². The molecular formula is C32H26BrN7O2. The lowest BCUT2D eigenvalue weighted by Crippen LogP contribution is -2.23. The fourth-order valence-corrected chi connectivity index (χ4v) is 5.23. The van der Waals surface area contributed by atoms with Gasteiger partial charge in [-0.1, -0.05) is 42.5 Å². The number of fused-ring (bicyclic) bond motifs is 1. The number of imidazole rings is 1. The topological polar surface area (TPSA) is 134 Å². The quantitative estimate of drug-likeness (QED) is 0.186. The van der Waals surface area contributed by atoms with Gasteiger partial charge in [0.1, 0.15) is 17.1 Å². The Morgan fingerprint density at radius 2 is 1.74 bits per heavy atom. The van der Waals surface area contributed by atoms with Crippen molar-refractivity contribution in [2.45, 2.75) is 6.54 Å². The van der Waals surface area contributed by atoms with Crippen LogP contribution in [-0.4, -0.2) is 32.5 Å². The fourth-order valence-electron chi connectivity index (χ4n) is 4.72. The van der Waals surface area contributed by atoms with Gasteiger partial charge in [-0.2, -0.15) is 0 Å². The van der Waals surface area contributed by atoms with Crippen LogP contribution in [0.25, 0.3) is 39.5 Å². The van der Waals surface area contributed by atoms with Crippen molar-refractivity contribution in [1.29, 1.82) is 0 Å². The average molecular weight is 621 g/mol. The van der Waals surface area contributed by atoms with E-state index in [1.165, 1.54) is 0 Å². The highest BCUT2D eigenvalue weighted by molar-refractivity contribution is 9.10. The van der Waals surface area contributed by atoms with Gasteiger partial charge in [-0.05, 0) is 64.0 Å². The maximum atomic E-state index is 12.9. The predicted molar refractivity (Wildman–Crippen MR) is 168 cm³/mol. The number of rotatable bonds is 7. The molecule has 0 atom stereocenters. The number of benzene rings is 3. The predicted octanol–water partition coefficient (Wildman–Crippen LogP) is 6.02. The number of nitrogens with zero attached hydrogens (tertiary/aromatic N) is 4. The molecule has 10 heteroatoms. The smallest absolute Gasteiger partial charge is 0.253 e. The van der Waals surface area contributed by atoms with Crippen LogP contribution < -0.4 is 21.5 Å². The summed E-state index contributed by atoms with van der Waals surface area (Å²) in [7, 11) is 1.54. The number of methoxy groups -OCH3 is 1. The summed E-state index contributed by atoms with van der Waals surface area (Å²) < 4.78 is 7.88. The number of anilines is 2. The van der Waals surface area contributed by atoms with Crippen LogP contribution in [0.2, 0.25) is 0 Å². The molecule has 0 bridgehead atoms. The van der Waals surface area contributed by atoms with Crippen LogP contribution in [0.4, 0.5) is 11.5 Å². The van der Waals surface area contributed by atoms with E-state index in [9.17, 15) is 4.79 Å². The summed E-state index contributed by atoms with van der Waals surface area (Å²) in [4.78, 5) is 27.0. The van der Waals surface area contributed by atoms with Gasteiger partial charge in [0.2, 0.25) is 0 Å². The maximum Gasteiger partial charge on any atom is 0.253 e. The molecule has 3 aromatic carbocycles. The molecule has 0 spiro atoms. The summed E-state index contributed by atoms with van der Waals surface area (Å²) in [6, 6.07) is 28.8. The molecule has 0 saturated heterocycles. The van der Waals surface area contributed by atoms with Gasteiger partial charge in [0.05, 0.1) is 28.4 Å². The molecule has 0 aliphatic rings. The number of carbonyl (C=O) groups is 1. The van der Waals surface area contributed by atoms with Gasteiger partial charge in [-0.25, -0.2) is 15.0 Å². The van der Waals surface area contributed by atoms with Crippen LogP contribution >= 0.6 is 15.9 Å². The number of hydrogen-bond donors (Lipinski definition) is 3. The number of carbonyl (C=O) groups excluding carboxylic acids is 1. The number of nitrogen functional groups attached to an aromatic ring is 2. The molecule has 9 nitrogen and oxygen atoms in total. The van der Waals surface area contributed by atoms with Crippen LogP contribution in [-0.2, 0) is 6.54 Å². The first-order valence-corrected chi connectivity index (χ1v) is 13.9. The zero-order valence-corrected chi connectivity index (χ0v) is 24.2. The molecule has 208 valence electrons. The summed E-state index contributed by atoms with van der Waals surface area (Å²) in [5.74, 6) is 1.29. The first-order valence-electron chi connectivity index (χ1n) is 13.1. The summed E-state index contributed by atoms with van der Waals surface area (Å²) in [6.07, 6.45) is 1.65. The minimum atomic E-state index is -0.285. The number of hydrogen-bond acceptors (Lipinski definition) is 7. The Morgan fingerprint density at radius 1 is 0.952 bits per heavy atom. The zero-order valence-electron chi connectivity index (χ0n) is 22.6. The van der Waals surface area contributed by atoms with Crippen molar-refractivity contribution in [3.8, 4) is 34.1 Å². The third kappa shape index (κ3) is 5.15. The van der Waals surface area contributed by atoms with Crippen LogP contribution in [0.5, 0.6) is 5.75 Å². The third-order valence-electron chi connectivity index (χ3n) is 6.87. The monoisotopic (exact) mass is 619 g/mol. The Balaban J connectivity index is 1.34. The largest absolute Gasteiger partial charge is 0.495 e. The first kappa shape index (κ1) is 27.0. The van der Waals surface area contributed by atoms with Crippen molar-refractivity contribution < 1.29 is 9.53 Å². The molecule has 0 fully saturated rings. The summed E-state index contributed by atoms with van der Waals surface area (Å²) in [6.45, 7) is 0.311. The van der Waals surface area contributed by atoms with Gasteiger partial charge in [0, 0.05) is 35.7 Å². The molecule has 6 rings (SSSR count). The molecule has 3 aromatic heterocycles. The van der Waals surface area contributed by atoms with Crippen molar-refractivity contribution in [2.75, 3.05) is 18.6 Å². The lowest BCUT2D eigenvalue weighted by atomic mass is 10.1. The van der Waals surface area contributed by atoms with E-state index in [2.05, 4.69) is 26.2 Å². The molecule has 42 heavy (non-hydrogen) atoms.